The van der Waals surface area contributed by atoms with Gasteiger partial charge in [-0.1, -0.05) is 193 Å². The second-order valence-corrected chi connectivity index (χ2v) is 16.1. The van der Waals surface area contributed by atoms with E-state index < -0.39 is 28.0 Å². The fraction of sp³-hybridized carbons (Fsp3) is 0.927. The Labute approximate surface area is 299 Å². The molecule has 0 aromatic heterocycles. The fourth-order valence-corrected chi connectivity index (χ4v) is 7.33. The van der Waals surface area contributed by atoms with Crippen LogP contribution in [0.25, 0.3) is 0 Å². The Balaban J connectivity index is 3.79. The van der Waals surface area contributed by atoms with Crippen molar-refractivity contribution in [2.24, 2.45) is 0 Å². The van der Waals surface area contributed by atoms with E-state index in [0.717, 1.165) is 51.4 Å². The first-order valence-electron chi connectivity index (χ1n) is 20.9. The van der Waals surface area contributed by atoms with Gasteiger partial charge in [-0.25, -0.2) is 0 Å². The molecule has 0 saturated carbocycles. The minimum absolute atomic E-state index is 0.253. The van der Waals surface area contributed by atoms with Crippen LogP contribution in [0.5, 0.6) is 0 Å². The van der Waals surface area contributed by atoms with Gasteiger partial charge in [-0.3, -0.25) is 9.35 Å². The minimum Gasteiger partial charge on any atom is -0.391 e. The molecule has 2 unspecified atom stereocenters. The summed E-state index contributed by atoms with van der Waals surface area (Å²) in [7, 11) is -4.31. The first-order chi connectivity index (χ1) is 23.3. The Morgan fingerprint density at radius 3 is 1.29 bits per heavy atom. The molecule has 0 aliphatic heterocycles. The van der Waals surface area contributed by atoms with Crippen molar-refractivity contribution in [3.8, 4) is 0 Å². The number of aliphatic hydroxyl groups excluding tert-OH is 1. The Morgan fingerprint density at radius 2 is 0.875 bits per heavy atom. The van der Waals surface area contributed by atoms with E-state index in [1.807, 2.05) is 0 Å². The first kappa shape index (κ1) is 47.1. The van der Waals surface area contributed by atoms with E-state index in [9.17, 15) is 22.9 Å². The largest absolute Gasteiger partial charge is 0.391 e. The Kier molecular flexibility index (Phi) is 35.2. The molecule has 0 radical (unpaired) electrons. The van der Waals surface area contributed by atoms with Gasteiger partial charge >= 0.3 is 0 Å². The molecule has 286 valence electrons. The summed E-state index contributed by atoms with van der Waals surface area (Å²) in [6.45, 7) is 4.50. The van der Waals surface area contributed by atoms with Gasteiger partial charge in [0.05, 0.1) is 17.9 Å². The number of rotatable bonds is 38. The number of aliphatic hydroxyl groups is 1. The van der Waals surface area contributed by atoms with Crippen LogP contribution in [0.1, 0.15) is 226 Å². The van der Waals surface area contributed by atoms with E-state index in [4.69, 9.17) is 0 Å². The smallest absolute Gasteiger partial charge is 0.266 e. The summed E-state index contributed by atoms with van der Waals surface area (Å²) in [5.41, 5.74) is 0. The predicted octanol–water partition coefficient (Wildman–Crippen LogP) is 12.2. The second-order valence-electron chi connectivity index (χ2n) is 14.6. The highest BCUT2D eigenvalue weighted by Crippen LogP contribution is 2.16. The number of amides is 1. The third-order valence-corrected chi connectivity index (χ3v) is 10.5. The first-order valence-corrected chi connectivity index (χ1v) is 22.5. The van der Waals surface area contributed by atoms with E-state index in [2.05, 4.69) is 31.3 Å². The van der Waals surface area contributed by atoms with Crippen LogP contribution in [0.4, 0.5) is 0 Å². The third kappa shape index (κ3) is 36.4. The molecule has 3 N–H and O–H groups in total. The Bertz CT molecular complexity index is 816. The molecule has 1 amide bonds. The highest BCUT2D eigenvalue weighted by atomic mass is 32.2. The van der Waals surface area contributed by atoms with E-state index in [0.29, 0.717) is 12.8 Å². The quantitative estimate of drug-likeness (QED) is 0.0338. The number of unbranched alkanes of at least 4 members (excludes halogenated alkanes) is 28. The SMILES string of the molecule is CCCCC/C=C\CCCCCCCC(=O)NC(CS(=O)(=O)O)C(O)CCCCCCCCCCCCCCCCCCCCCCC. The fourth-order valence-electron chi connectivity index (χ4n) is 6.57. The summed E-state index contributed by atoms with van der Waals surface area (Å²) in [4.78, 5) is 12.5. The molecule has 0 aliphatic rings. The average molecular weight is 700 g/mol. The summed E-state index contributed by atoms with van der Waals surface area (Å²) in [5, 5.41) is 13.3. The van der Waals surface area contributed by atoms with Gasteiger partial charge in [0, 0.05) is 6.42 Å². The van der Waals surface area contributed by atoms with Gasteiger partial charge in [-0.15, -0.1) is 0 Å². The molecule has 6 nitrogen and oxygen atoms in total. The maximum atomic E-state index is 12.5. The van der Waals surface area contributed by atoms with E-state index >= 15 is 0 Å². The molecule has 2 atom stereocenters. The van der Waals surface area contributed by atoms with Crippen LogP contribution < -0.4 is 5.32 Å². The van der Waals surface area contributed by atoms with Crippen LogP contribution in [0, 0.1) is 0 Å². The monoisotopic (exact) mass is 700 g/mol. The van der Waals surface area contributed by atoms with Crippen molar-refractivity contribution in [1.82, 2.24) is 5.32 Å². The number of hydrogen-bond donors (Lipinski definition) is 3. The Morgan fingerprint density at radius 1 is 0.542 bits per heavy atom. The lowest BCUT2D eigenvalue weighted by atomic mass is 10.0. The molecule has 0 spiro atoms. The third-order valence-electron chi connectivity index (χ3n) is 9.72. The predicted molar refractivity (Wildman–Crippen MR) is 207 cm³/mol. The lowest BCUT2D eigenvalue weighted by Crippen LogP contribution is -2.47. The van der Waals surface area contributed by atoms with E-state index in [-0.39, 0.29) is 5.91 Å². The second kappa shape index (κ2) is 35.9. The molecular formula is C41H81NO5S. The molecule has 0 heterocycles. The molecule has 7 heteroatoms. The van der Waals surface area contributed by atoms with Crippen molar-refractivity contribution in [3.05, 3.63) is 12.2 Å². The molecule has 0 fully saturated rings. The van der Waals surface area contributed by atoms with Gasteiger partial charge in [-0.05, 0) is 38.5 Å². The van der Waals surface area contributed by atoms with Gasteiger partial charge in [0.25, 0.3) is 10.1 Å². The van der Waals surface area contributed by atoms with Crippen LogP contribution >= 0.6 is 0 Å². The van der Waals surface area contributed by atoms with Gasteiger partial charge < -0.3 is 10.4 Å². The summed E-state index contributed by atoms with van der Waals surface area (Å²) >= 11 is 0. The molecule has 0 aromatic carbocycles. The lowest BCUT2D eigenvalue weighted by Gasteiger charge is -2.23. The number of allylic oxidation sites excluding steroid dienone is 2. The minimum atomic E-state index is -4.31. The van der Waals surface area contributed by atoms with Crippen LogP contribution in [0.15, 0.2) is 12.2 Å². The number of carbonyl (C=O) groups is 1. The zero-order chi connectivity index (χ0) is 35.4. The van der Waals surface area contributed by atoms with Crippen LogP contribution in [-0.4, -0.2) is 41.9 Å². The standard InChI is InChI=1S/C41H81NO5S/c1-3-5-7-9-11-13-15-17-18-19-20-21-22-23-24-25-26-28-30-32-34-36-40(43)39(38-48(45,46)47)42-41(44)37-35-33-31-29-27-16-14-12-10-8-6-4-2/h12,14,39-40,43H,3-11,13,15-38H2,1-2H3,(H,42,44)(H,45,46,47)/b14-12-. The van der Waals surface area contributed by atoms with Gasteiger partial charge in [0.15, 0.2) is 0 Å². The molecule has 0 bridgehead atoms. The van der Waals surface area contributed by atoms with E-state index in [1.165, 1.54) is 148 Å². The topological polar surface area (TPSA) is 104 Å². The van der Waals surface area contributed by atoms with Crippen molar-refractivity contribution >= 4 is 16.0 Å². The normalized spacial score (nSPS) is 13.3. The molecule has 0 rings (SSSR count). The average Bonchev–Trinajstić information content (AvgIpc) is 3.05. The van der Waals surface area contributed by atoms with Crippen LogP contribution in [0.2, 0.25) is 0 Å². The molecule has 0 aliphatic carbocycles. The number of nitrogens with one attached hydrogen (secondary N) is 1. The highest BCUT2D eigenvalue weighted by Gasteiger charge is 2.26. The summed E-state index contributed by atoms with van der Waals surface area (Å²) in [5.74, 6) is -0.901. The highest BCUT2D eigenvalue weighted by molar-refractivity contribution is 7.85. The Hall–Kier alpha value is -0.920. The summed E-state index contributed by atoms with van der Waals surface area (Å²) in [6.07, 6.45) is 43.1. The molecule has 0 saturated heterocycles. The number of hydrogen-bond acceptors (Lipinski definition) is 4. The molecule has 48 heavy (non-hydrogen) atoms. The van der Waals surface area contributed by atoms with Gasteiger partial charge in [0.2, 0.25) is 5.91 Å². The zero-order valence-corrected chi connectivity index (χ0v) is 32.7. The molecule has 0 aromatic rings. The number of carbonyl (C=O) groups excluding carboxylic acids is 1. The van der Waals surface area contributed by atoms with Crippen LogP contribution in [0.3, 0.4) is 0 Å². The van der Waals surface area contributed by atoms with Gasteiger partial charge in [0.1, 0.15) is 0 Å². The maximum absolute atomic E-state index is 12.5. The van der Waals surface area contributed by atoms with Crippen molar-refractivity contribution in [1.29, 1.82) is 0 Å². The van der Waals surface area contributed by atoms with Crippen molar-refractivity contribution < 1.29 is 22.9 Å². The zero-order valence-electron chi connectivity index (χ0n) is 31.9. The summed E-state index contributed by atoms with van der Waals surface area (Å²) in [6, 6.07) is -0.971. The van der Waals surface area contributed by atoms with Gasteiger partial charge in [-0.2, -0.15) is 8.42 Å². The maximum Gasteiger partial charge on any atom is 0.266 e. The van der Waals surface area contributed by atoms with Crippen molar-refractivity contribution in [2.45, 2.75) is 238 Å². The van der Waals surface area contributed by atoms with Crippen LogP contribution in [-0.2, 0) is 14.9 Å². The lowest BCUT2D eigenvalue weighted by molar-refractivity contribution is -0.122. The van der Waals surface area contributed by atoms with Crippen molar-refractivity contribution in [2.75, 3.05) is 5.75 Å². The van der Waals surface area contributed by atoms with E-state index in [1.54, 1.807) is 0 Å². The van der Waals surface area contributed by atoms with Crippen molar-refractivity contribution in [3.63, 3.8) is 0 Å². The summed E-state index contributed by atoms with van der Waals surface area (Å²) < 4.78 is 32.5. The molecular weight excluding hydrogens is 619 g/mol.